The largest absolute Gasteiger partial charge is 0.396 e. The van der Waals surface area contributed by atoms with Crippen molar-refractivity contribution in [2.45, 2.75) is 52.0 Å². The average molecular weight is 295 g/mol. The van der Waals surface area contributed by atoms with Gasteiger partial charge in [-0.25, -0.2) is 0 Å². The van der Waals surface area contributed by atoms with E-state index < -0.39 is 16.9 Å². The molecule has 2 saturated carbocycles. The number of carbonyl (C=O) groups excluding carboxylic acids is 2. The number of likely N-dealkylation sites (tertiary alicyclic amines) is 1. The van der Waals surface area contributed by atoms with Crippen LogP contribution in [0.1, 0.15) is 46.0 Å². The first-order valence-electron chi connectivity index (χ1n) is 8.06. The fraction of sp³-hybridized carbons (Fsp3) is 0.875. The molecule has 4 atom stereocenters. The molecule has 0 aromatic rings. The number of rotatable bonds is 4. The van der Waals surface area contributed by atoms with Gasteiger partial charge in [0.1, 0.15) is 0 Å². The van der Waals surface area contributed by atoms with Crippen LogP contribution in [0.25, 0.3) is 0 Å². The summed E-state index contributed by atoms with van der Waals surface area (Å²) in [6, 6.07) is -0.443. The second kappa shape index (κ2) is 4.78. The Hall–Kier alpha value is -0.940. The van der Waals surface area contributed by atoms with E-state index in [1.54, 1.807) is 0 Å². The van der Waals surface area contributed by atoms with Crippen LogP contribution in [0.2, 0.25) is 0 Å². The minimum atomic E-state index is -0.681. The molecule has 1 aliphatic heterocycles. The molecule has 0 spiro atoms. The maximum atomic E-state index is 13.1. The molecule has 5 heteroatoms. The molecule has 0 radical (unpaired) electrons. The van der Waals surface area contributed by atoms with Crippen molar-refractivity contribution < 1.29 is 19.8 Å². The van der Waals surface area contributed by atoms with Gasteiger partial charge in [-0.1, -0.05) is 26.7 Å². The molecule has 118 valence electrons. The van der Waals surface area contributed by atoms with E-state index in [2.05, 4.69) is 0 Å². The van der Waals surface area contributed by atoms with E-state index >= 15 is 0 Å². The zero-order chi connectivity index (χ0) is 15.4. The molecule has 3 fully saturated rings. The first-order chi connectivity index (χ1) is 9.96. The normalized spacial score (nSPS) is 40.0. The lowest BCUT2D eigenvalue weighted by Crippen LogP contribution is -2.63. The van der Waals surface area contributed by atoms with Crippen molar-refractivity contribution in [2.75, 3.05) is 13.2 Å². The molecular weight excluding hydrogens is 270 g/mol. The highest BCUT2D eigenvalue weighted by Crippen LogP contribution is 2.72. The summed E-state index contributed by atoms with van der Waals surface area (Å²) >= 11 is 0. The molecule has 1 saturated heterocycles. The van der Waals surface area contributed by atoms with Gasteiger partial charge in [-0.2, -0.15) is 0 Å². The number of nitrogens with zero attached hydrogens (tertiary/aromatic N) is 1. The van der Waals surface area contributed by atoms with E-state index in [1.807, 2.05) is 13.8 Å². The van der Waals surface area contributed by atoms with Crippen LogP contribution >= 0.6 is 0 Å². The molecule has 3 aliphatic rings. The fourth-order valence-corrected chi connectivity index (χ4v) is 5.16. The number of imide groups is 1. The molecule has 5 nitrogen and oxygen atoms in total. The first kappa shape index (κ1) is 15.0. The van der Waals surface area contributed by atoms with Crippen molar-refractivity contribution in [1.29, 1.82) is 0 Å². The van der Waals surface area contributed by atoms with Gasteiger partial charge in [-0.05, 0) is 31.1 Å². The molecule has 0 aromatic heterocycles. The lowest BCUT2D eigenvalue weighted by molar-refractivity contribution is -0.183. The van der Waals surface area contributed by atoms with Gasteiger partial charge in [-0.15, -0.1) is 0 Å². The minimum Gasteiger partial charge on any atom is -0.396 e. The molecule has 21 heavy (non-hydrogen) atoms. The van der Waals surface area contributed by atoms with E-state index in [-0.39, 0.29) is 36.9 Å². The highest BCUT2D eigenvalue weighted by Gasteiger charge is 2.79. The average Bonchev–Trinajstić information content (AvgIpc) is 2.59. The Morgan fingerprint density at radius 3 is 2.43 bits per heavy atom. The highest BCUT2D eigenvalue weighted by atomic mass is 16.3. The molecule has 2 N–H and O–H groups in total. The van der Waals surface area contributed by atoms with Crippen molar-refractivity contribution in [3.8, 4) is 0 Å². The number of hydrogen-bond donors (Lipinski definition) is 2. The maximum Gasteiger partial charge on any atom is 0.237 e. The van der Waals surface area contributed by atoms with Crippen molar-refractivity contribution in [3.05, 3.63) is 0 Å². The van der Waals surface area contributed by atoms with Crippen molar-refractivity contribution in [1.82, 2.24) is 4.90 Å². The third-order valence-corrected chi connectivity index (χ3v) is 6.31. The molecule has 3 rings (SSSR count). The second-order valence-electron chi connectivity index (χ2n) is 7.32. The minimum absolute atomic E-state index is 0.0277. The molecule has 1 heterocycles. The van der Waals surface area contributed by atoms with E-state index in [0.29, 0.717) is 12.8 Å². The van der Waals surface area contributed by atoms with E-state index in [1.165, 1.54) is 4.90 Å². The number of amides is 2. The number of aliphatic hydroxyl groups is 2. The summed E-state index contributed by atoms with van der Waals surface area (Å²) in [4.78, 5) is 27.4. The number of hydrogen-bond acceptors (Lipinski definition) is 4. The van der Waals surface area contributed by atoms with Crippen LogP contribution < -0.4 is 0 Å². The van der Waals surface area contributed by atoms with Gasteiger partial charge in [0, 0.05) is 6.61 Å². The SMILES string of the molecule is CC(C)[C@@H](CO)N1C(=O)[C@]23CCCC[C@@]2(C1=O)[C@H](CO)C3. The highest BCUT2D eigenvalue weighted by molar-refractivity contribution is 6.12. The smallest absolute Gasteiger partial charge is 0.237 e. The Balaban J connectivity index is 2.05. The van der Waals surface area contributed by atoms with Gasteiger partial charge >= 0.3 is 0 Å². The summed E-state index contributed by atoms with van der Waals surface area (Å²) in [6.07, 6.45) is 3.99. The van der Waals surface area contributed by atoms with Gasteiger partial charge in [0.25, 0.3) is 0 Å². The topological polar surface area (TPSA) is 77.8 Å². The van der Waals surface area contributed by atoms with Gasteiger partial charge in [0.15, 0.2) is 0 Å². The van der Waals surface area contributed by atoms with E-state index in [4.69, 9.17) is 0 Å². The van der Waals surface area contributed by atoms with Crippen LogP contribution in [0.5, 0.6) is 0 Å². The van der Waals surface area contributed by atoms with Crippen LogP contribution in [0.3, 0.4) is 0 Å². The van der Waals surface area contributed by atoms with Crippen LogP contribution in [-0.2, 0) is 9.59 Å². The lowest BCUT2D eigenvalue weighted by Gasteiger charge is -2.59. The fourth-order valence-electron chi connectivity index (χ4n) is 5.16. The second-order valence-corrected chi connectivity index (χ2v) is 7.32. The quantitative estimate of drug-likeness (QED) is 0.756. The standard InChI is InChI=1S/C16H25NO4/c1-10(2)12(9-19)17-13(20)15-5-3-4-6-16(15,14(17)21)11(7-15)8-18/h10-12,18-19H,3-9H2,1-2H3/t11-,12+,15+,16-/m0/s1. The zero-order valence-corrected chi connectivity index (χ0v) is 12.8. The Labute approximate surface area is 125 Å². The van der Waals surface area contributed by atoms with Crippen molar-refractivity contribution in [3.63, 3.8) is 0 Å². The third-order valence-electron chi connectivity index (χ3n) is 6.31. The van der Waals surface area contributed by atoms with E-state index in [0.717, 1.165) is 19.3 Å². The Bertz CT molecular complexity index is 477. The van der Waals surface area contributed by atoms with Gasteiger partial charge in [0.2, 0.25) is 11.8 Å². The number of carbonyl (C=O) groups is 2. The van der Waals surface area contributed by atoms with Gasteiger partial charge in [0.05, 0.1) is 23.5 Å². The summed E-state index contributed by atoms with van der Waals surface area (Å²) in [6.45, 7) is 3.62. The van der Waals surface area contributed by atoms with Crippen molar-refractivity contribution >= 4 is 11.8 Å². The first-order valence-corrected chi connectivity index (χ1v) is 8.06. The maximum absolute atomic E-state index is 13.1. The van der Waals surface area contributed by atoms with E-state index in [9.17, 15) is 19.8 Å². The van der Waals surface area contributed by atoms with Gasteiger partial charge in [-0.3, -0.25) is 14.5 Å². The molecule has 2 aliphatic carbocycles. The summed E-state index contributed by atoms with van der Waals surface area (Å²) in [5.74, 6) is -0.288. The van der Waals surface area contributed by atoms with Crippen LogP contribution in [0.15, 0.2) is 0 Å². The number of aliphatic hydroxyl groups excluding tert-OH is 2. The summed E-state index contributed by atoms with van der Waals surface area (Å²) in [7, 11) is 0. The van der Waals surface area contributed by atoms with Crippen LogP contribution in [-0.4, -0.2) is 46.2 Å². The summed E-state index contributed by atoms with van der Waals surface area (Å²) in [5, 5.41) is 19.3. The molecule has 2 amide bonds. The Morgan fingerprint density at radius 2 is 1.86 bits per heavy atom. The van der Waals surface area contributed by atoms with Crippen molar-refractivity contribution in [2.24, 2.45) is 22.7 Å². The molecule has 0 unspecified atom stereocenters. The molecular formula is C16H25NO4. The summed E-state index contributed by atoms with van der Waals surface area (Å²) < 4.78 is 0. The predicted molar refractivity (Wildman–Crippen MR) is 76.1 cm³/mol. The zero-order valence-electron chi connectivity index (χ0n) is 12.8. The Morgan fingerprint density at radius 1 is 1.19 bits per heavy atom. The summed E-state index contributed by atoms with van der Waals surface area (Å²) in [5.41, 5.74) is -1.27. The molecule has 0 bridgehead atoms. The van der Waals surface area contributed by atoms with Crippen LogP contribution in [0.4, 0.5) is 0 Å². The third kappa shape index (κ3) is 1.54. The lowest BCUT2D eigenvalue weighted by atomic mass is 9.40. The molecule has 0 aromatic carbocycles. The Kier molecular flexibility index (Phi) is 3.41. The monoisotopic (exact) mass is 295 g/mol. The van der Waals surface area contributed by atoms with Gasteiger partial charge < -0.3 is 10.2 Å². The van der Waals surface area contributed by atoms with Crippen LogP contribution in [0, 0.1) is 22.7 Å². The predicted octanol–water partition coefficient (Wildman–Crippen LogP) is 0.931.